The molecule has 3 fully saturated rings. The van der Waals surface area contributed by atoms with E-state index in [0.29, 0.717) is 12.5 Å². The largest absolute Gasteiger partial charge is 0.381 e. The van der Waals surface area contributed by atoms with Crippen LogP contribution >= 0.6 is 0 Å². The molecule has 7 heteroatoms. The first kappa shape index (κ1) is 20.7. The van der Waals surface area contributed by atoms with Crippen molar-refractivity contribution in [2.45, 2.75) is 31.3 Å². The number of aryl methyl sites for hydroxylation is 1. The molecule has 1 atom stereocenters. The van der Waals surface area contributed by atoms with Crippen LogP contribution in [0.2, 0.25) is 0 Å². The van der Waals surface area contributed by atoms with E-state index >= 15 is 0 Å². The molecular formula is C24H33N5O2. The summed E-state index contributed by atoms with van der Waals surface area (Å²) < 4.78 is 7.35. The summed E-state index contributed by atoms with van der Waals surface area (Å²) in [5, 5.41) is 4.31. The first-order valence-corrected chi connectivity index (χ1v) is 11.5. The highest BCUT2D eigenvalue weighted by atomic mass is 16.5. The number of ether oxygens (including phenoxy) is 1. The number of anilines is 1. The Morgan fingerprint density at radius 1 is 1.13 bits per heavy atom. The van der Waals surface area contributed by atoms with Gasteiger partial charge in [-0.05, 0) is 30.7 Å². The second-order valence-corrected chi connectivity index (χ2v) is 9.30. The maximum Gasteiger partial charge on any atom is 0.247 e. The summed E-state index contributed by atoms with van der Waals surface area (Å²) >= 11 is 0. The molecule has 31 heavy (non-hydrogen) atoms. The first-order valence-electron chi connectivity index (χ1n) is 11.5. The molecule has 3 saturated heterocycles. The molecule has 1 aromatic carbocycles. The number of hydrogen-bond acceptors (Lipinski definition) is 5. The summed E-state index contributed by atoms with van der Waals surface area (Å²) in [6.07, 6.45) is 6.68. The van der Waals surface area contributed by atoms with Crippen LogP contribution in [0.4, 0.5) is 5.69 Å². The minimum absolute atomic E-state index is 0.242. The number of piperazine rings is 1. The number of rotatable bonds is 5. The van der Waals surface area contributed by atoms with E-state index in [1.165, 1.54) is 5.56 Å². The van der Waals surface area contributed by atoms with Crippen LogP contribution < -0.4 is 4.90 Å². The molecule has 0 saturated carbocycles. The highest BCUT2D eigenvalue weighted by molar-refractivity contribution is 6.01. The zero-order valence-corrected chi connectivity index (χ0v) is 18.4. The summed E-state index contributed by atoms with van der Waals surface area (Å²) in [5.41, 5.74) is 1.75. The van der Waals surface area contributed by atoms with E-state index in [9.17, 15) is 4.79 Å². The zero-order valence-electron chi connectivity index (χ0n) is 18.4. The van der Waals surface area contributed by atoms with Gasteiger partial charge in [0.1, 0.15) is 5.54 Å². The third kappa shape index (κ3) is 4.14. The SMILES string of the molecule is Cn1cc(N2CCN(Cc3ccccc3)C3(CCN(CC4CCOC4)CC3)C2=O)cn1. The summed E-state index contributed by atoms with van der Waals surface area (Å²) in [6, 6.07) is 10.6. The molecule has 5 rings (SSSR count). The predicted molar refractivity (Wildman–Crippen MR) is 120 cm³/mol. The van der Waals surface area contributed by atoms with Crippen molar-refractivity contribution >= 4 is 11.6 Å². The van der Waals surface area contributed by atoms with Gasteiger partial charge in [0.2, 0.25) is 5.91 Å². The fraction of sp³-hybridized carbons (Fsp3) is 0.583. The number of nitrogens with zero attached hydrogens (tertiary/aromatic N) is 5. The van der Waals surface area contributed by atoms with E-state index in [1.807, 2.05) is 24.3 Å². The quantitative estimate of drug-likeness (QED) is 0.738. The summed E-state index contributed by atoms with van der Waals surface area (Å²) in [7, 11) is 1.90. The zero-order chi connectivity index (χ0) is 21.3. The molecule has 0 aliphatic carbocycles. The smallest absolute Gasteiger partial charge is 0.247 e. The number of aromatic nitrogens is 2. The van der Waals surface area contributed by atoms with Crippen LogP contribution in [0, 0.1) is 5.92 Å². The second-order valence-electron chi connectivity index (χ2n) is 9.30. The number of amides is 1. The molecule has 1 amide bonds. The Labute approximate surface area is 184 Å². The van der Waals surface area contributed by atoms with Gasteiger partial charge in [0.15, 0.2) is 0 Å². The van der Waals surface area contributed by atoms with Gasteiger partial charge in [-0.1, -0.05) is 30.3 Å². The van der Waals surface area contributed by atoms with E-state index in [4.69, 9.17) is 4.74 Å². The Balaban J connectivity index is 1.36. The Morgan fingerprint density at radius 2 is 1.94 bits per heavy atom. The highest BCUT2D eigenvalue weighted by Gasteiger charge is 2.51. The lowest BCUT2D eigenvalue weighted by molar-refractivity contribution is -0.138. The van der Waals surface area contributed by atoms with Crippen LogP contribution in [0.1, 0.15) is 24.8 Å². The highest BCUT2D eigenvalue weighted by Crippen LogP contribution is 2.37. The average Bonchev–Trinajstić information content (AvgIpc) is 3.46. The van der Waals surface area contributed by atoms with Crippen LogP contribution in [0.5, 0.6) is 0 Å². The lowest BCUT2D eigenvalue weighted by Crippen LogP contribution is -2.68. The van der Waals surface area contributed by atoms with Crippen molar-refractivity contribution in [2.75, 3.05) is 50.8 Å². The van der Waals surface area contributed by atoms with Crippen molar-refractivity contribution in [2.24, 2.45) is 13.0 Å². The molecule has 7 nitrogen and oxygen atoms in total. The number of carbonyl (C=O) groups is 1. The van der Waals surface area contributed by atoms with Gasteiger partial charge in [0.05, 0.1) is 18.5 Å². The summed E-state index contributed by atoms with van der Waals surface area (Å²) in [5.74, 6) is 0.884. The predicted octanol–water partition coefficient (Wildman–Crippen LogP) is 2.14. The van der Waals surface area contributed by atoms with Gasteiger partial charge in [-0.15, -0.1) is 0 Å². The van der Waals surface area contributed by atoms with E-state index < -0.39 is 5.54 Å². The minimum Gasteiger partial charge on any atom is -0.381 e. The molecule has 1 aromatic heterocycles. The molecule has 4 heterocycles. The van der Waals surface area contributed by atoms with E-state index in [1.54, 1.807) is 4.68 Å². The molecule has 0 bridgehead atoms. The van der Waals surface area contributed by atoms with Gasteiger partial charge in [0.25, 0.3) is 0 Å². The molecule has 3 aliphatic rings. The van der Waals surface area contributed by atoms with Crippen LogP contribution in [0.3, 0.4) is 0 Å². The molecular weight excluding hydrogens is 390 g/mol. The number of carbonyl (C=O) groups excluding carboxylic acids is 1. The molecule has 1 spiro atoms. The summed E-state index contributed by atoms with van der Waals surface area (Å²) in [4.78, 5) is 20.9. The van der Waals surface area contributed by atoms with Gasteiger partial charge in [-0.3, -0.25) is 14.4 Å². The Morgan fingerprint density at radius 3 is 2.61 bits per heavy atom. The van der Waals surface area contributed by atoms with E-state index in [-0.39, 0.29) is 5.91 Å². The van der Waals surface area contributed by atoms with Crippen LogP contribution in [-0.4, -0.2) is 77.0 Å². The molecule has 0 N–H and O–H groups in total. The van der Waals surface area contributed by atoms with Crippen LogP contribution in [-0.2, 0) is 23.1 Å². The van der Waals surface area contributed by atoms with E-state index in [0.717, 1.165) is 70.9 Å². The molecule has 1 unspecified atom stereocenters. The second kappa shape index (κ2) is 8.73. The van der Waals surface area contributed by atoms with Gasteiger partial charge in [-0.25, -0.2) is 0 Å². The Bertz CT molecular complexity index is 884. The van der Waals surface area contributed by atoms with Crippen molar-refractivity contribution in [1.29, 1.82) is 0 Å². The lowest BCUT2D eigenvalue weighted by atomic mass is 9.81. The lowest BCUT2D eigenvalue weighted by Gasteiger charge is -2.53. The molecule has 3 aliphatic heterocycles. The first-order chi connectivity index (χ1) is 15.1. The maximum atomic E-state index is 14.0. The van der Waals surface area contributed by atoms with Crippen LogP contribution in [0.15, 0.2) is 42.7 Å². The number of piperidine rings is 1. The van der Waals surface area contributed by atoms with Gasteiger partial charge < -0.3 is 14.5 Å². The molecule has 2 aromatic rings. The van der Waals surface area contributed by atoms with E-state index in [2.05, 4.69) is 45.2 Å². The number of benzene rings is 1. The van der Waals surface area contributed by atoms with Crippen molar-refractivity contribution in [1.82, 2.24) is 19.6 Å². The summed E-state index contributed by atoms with van der Waals surface area (Å²) in [6.45, 7) is 7.22. The maximum absolute atomic E-state index is 14.0. The standard InChI is InChI=1S/C24H33N5O2/c1-26-18-22(15-25-26)29-13-12-28(17-20-5-3-2-4-6-20)24(23(29)30)8-10-27(11-9-24)16-21-7-14-31-19-21/h2-6,15,18,21H,7-14,16-17,19H2,1H3. The Hall–Kier alpha value is -2.22. The topological polar surface area (TPSA) is 53.8 Å². The van der Waals surface area contributed by atoms with Gasteiger partial charge in [0, 0.05) is 59.1 Å². The number of hydrogen-bond donors (Lipinski definition) is 0. The van der Waals surface area contributed by atoms with Gasteiger partial charge >= 0.3 is 0 Å². The fourth-order valence-electron chi connectivity index (χ4n) is 5.48. The molecule has 166 valence electrons. The minimum atomic E-state index is -0.438. The Kier molecular flexibility index (Phi) is 5.82. The van der Waals surface area contributed by atoms with Gasteiger partial charge in [-0.2, -0.15) is 5.10 Å². The monoisotopic (exact) mass is 423 g/mol. The third-order valence-corrected chi connectivity index (χ3v) is 7.28. The average molecular weight is 424 g/mol. The van der Waals surface area contributed by atoms with Crippen molar-refractivity contribution in [3.05, 3.63) is 48.3 Å². The van der Waals surface area contributed by atoms with Crippen molar-refractivity contribution in [3.63, 3.8) is 0 Å². The van der Waals surface area contributed by atoms with Crippen molar-refractivity contribution < 1.29 is 9.53 Å². The van der Waals surface area contributed by atoms with Crippen LogP contribution in [0.25, 0.3) is 0 Å². The van der Waals surface area contributed by atoms with Crippen molar-refractivity contribution in [3.8, 4) is 0 Å². The third-order valence-electron chi connectivity index (χ3n) is 7.28. The fourth-order valence-corrected chi connectivity index (χ4v) is 5.48. The normalized spacial score (nSPS) is 24.9. The molecule has 0 radical (unpaired) electrons. The number of likely N-dealkylation sites (tertiary alicyclic amines) is 1.